The van der Waals surface area contributed by atoms with Crippen molar-refractivity contribution < 1.29 is 19.8 Å². The van der Waals surface area contributed by atoms with Crippen LogP contribution in [0.2, 0.25) is 0 Å². The highest BCUT2D eigenvalue weighted by Gasteiger charge is 2.15. The second kappa shape index (κ2) is 8.56. The van der Waals surface area contributed by atoms with E-state index in [0.29, 0.717) is 11.1 Å². The summed E-state index contributed by atoms with van der Waals surface area (Å²) in [5, 5.41) is 19.6. The Morgan fingerprint density at radius 3 is 1.74 bits per heavy atom. The summed E-state index contributed by atoms with van der Waals surface area (Å²) in [5.41, 5.74) is 3.08. The number of aliphatic carboxylic acids is 1. The van der Waals surface area contributed by atoms with Gasteiger partial charge >= 0.3 is 5.97 Å². The lowest BCUT2D eigenvalue weighted by Gasteiger charge is -2.13. The quantitative estimate of drug-likeness (QED) is 0.453. The molecule has 0 bridgehead atoms. The Morgan fingerprint density at radius 2 is 1.30 bits per heavy atom. The molecule has 0 spiro atoms. The van der Waals surface area contributed by atoms with E-state index < -0.39 is 12.4 Å². The monoisotopic (exact) mass is 378 g/mol. The van der Waals surface area contributed by atoms with Gasteiger partial charge in [-0.15, -0.1) is 11.8 Å². The topological polar surface area (TPSA) is 74.6 Å². The zero-order valence-electron chi connectivity index (χ0n) is 14.5. The van der Waals surface area contributed by atoms with E-state index in [-0.39, 0.29) is 17.3 Å². The third-order valence-corrected chi connectivity index (χ3v) is 5.04. The van der Waals surface area contributed by atoms with Crippen LogP contribution in [0.1, 0.15) is 6.42 Å². The molecule has 0 aromatic heterocycles. The number of rotatable bonds is 7. The number of hydrogen-bond acceptors (Lipinski definition) is 4. The van der Waals surface area contributed by atoms with Crippen LogP contribution in [0.15, 0.2) is 77.7 Å². The van der Waals surface area contributed by atoms with Gasteiger partial charge in [0.15, 0.2) is 5.78 Å². The SMILES string of the molecule is O=C(O)CC(=O)CSc1cc(-c2ccccc2)c(O)c(-c2ccccc2)c1. The summed E-state index contributed by atoms with van der Waals surface area (Å²) in [4.78, 5) is 23.2. The molecular formula is C22H18O4S. The highest BCUT2D eigenvalue weighted by molar-refractivity contribution is 8.00. The highest BCUT2D eigenvalue weighted by Crippen LogP contribution is 2.41. The Hall–Kier alpha value is -3.05. The van der Waals surface area contributed by atoms with Crippen molar-refractivity contribution in [1.29, 1.82) is 0 Å². The third kappa shape index (κ3) is 4.77. The number of benzene rings is 3. The number of thioether (sulfide) groups is 1. The van der Waals surface area contributed by atoms with E-state index in [4.69, 9.17) is 5.11 Å². The van der Waals surface area contributed by atoms with E-state index in [1.807, 2.05) is 72.8 Å². The minimum Gasteiger partial charge on any atom is -0.507 e. The number of carboxylic acids is 1. The van der Waals surface area contributed by atoms with Gasteiger partial charge in [-0.3, -0.25) is 9.59 Å². The van der Waals surface area contributed by atoms with E-state index in [0.717, 1.165) is 16.0 Å². The van der Waals surface area contributed by atoms with Crippen LogP contribution in [0.3, 0.4) is 0 Å². The molecule has 27 heavy (non-hydrogen) atoms. The first kappa shape index (κ1) is 18.7. The van der Waals surface area contributed by atoms with Crippen molar-refractivity contribution in [2.75, 3.05) is 5.75 Å². The van der Waals surface area contributed by atoms with Gasteiger partial charge in [-0.1, -0.05) is 60.7 Å². The molecule has 136 valence electrons. The van der Waals surface area contributed by atoms with Gasteiger partial charge in [-0.2, -0.15) is 0 Å². The largest absolute Gasteiger partial charge is 0.507 e. The first-order valence-electron chi connectivity index (χ1n) is 8.38. The summed E-state index contributed by atoms with van der Waals surface area (Å²) in [7, 11) is 0. The third-order valence-electron chi connectivity index (χ3n) is 4.00. The maximum absolute atomic E-state index is 11.8. The molecule has 0 aliphatic carbocycles. The predicted octanol–water partition coefficient (Wildman–Crippen LogP) is 4.86. The Balaban J connectivity index is 2.01. The van der Waals surface area contributed by atoms with Crippen LogP contribution in [0.4, 0.5) is 0 Å². The van der Waals surface area contributed by atoms with E-state index in [1.54, 1.807) is 0 Å². The number of phenols is 1. The molecule has 3 rings (SSSR count). The molecule has 2 N–H and O–H groups in total. The average molecular weight is 378 g/mol. The number of ketones is 1. The molecule has 3 aromatic rings. The van der Waals surface area contributed by atoms with Gasteiger partial charge in [0.05, 0.1) is 5.75 Å². The summed E-state index contributed by atoms with van der Waals surface area (Å²) < 4.78 is 0. The molecule has 0 saturated heterocycles. The number of hydrogen-bond donors (Lipinski definition) is 2. The number of aromatic hydroxyl groups is 1. The van der Waals surface area contributed by atoms with Gasteiger partial charge in [0.1, 0.15) is 12.2 Å². The summed E-state index contributed by atoms with van der Waals surface area (Å²) in [5.74, 6) is -1.22. The zero-order chi connectivity index (χ0) is 19.2. The standard InChI is InChI=1S/C22H18O4S/c23-17(11-21(24)25)14-27-18-12-19(15-7-3-1-4-8-15)22(26)20(13-18)16-9-5-2-6-10-16/h1-10,12-13,26H,11,14H2,(H,24,25). The Morgan fingerprint density at radius 1 is 0.815 bits per heavy atom. The average Bonchev–Trinajstić information content (AvgIpc) is 2.68. The molecule has 0 saturated carbocycles. The molecule has 5 heteroatoms. The van der Waals surface area contributed by atoms with Crippen molar-refractivity contribution in [3.63, 3.8) is 0 Å². The van der Waals surface area contributed by atoms with Crippen molar-refractivity contribution in [3.8, 4) is 28.0 Å². The van der Waals surface area contributed by atoms with Crippen molar-refractivity contribution in [2.45, 2.75) is 11.3 Å². The maximum Gasteiger partial charge on any atom is 0.310 e. The molecular weight excluding hydrogens is 360 g/mol. The molecule has 0 heterocycles. The van der Waals surface area contributed by atoms with Crippen molar-refractivity contribution in [2.24, 2.45) is 0 Å². The van der Waals surface area contributed by atoms with Gasteiger partial charge in [0.25, 0.3) is 0 Å². The van der Waals surface area contributed by atoms with Crippen LogP contribution >= 0.6 is 11.8 Å². The van der Waals surface area contributed by atoms with E-state index in [1.165, 1.54) is 11.8 Å². The van der Waals surface area contributed by atoms with Crippen molar-refractivity contribution >= 4 is 23.5 Å². The van der Waals surface area contributed by atoms with Gasteiger partial charge in [0, 0.05) is 16.0 Å². The molecule has 0 fully saturated rings. The van der Waals surface area contributed by atoms with Crippen LogP contribution in [0, 0.1) is 0 Å². The second-order valence-corrected chi connectivity index (χ2v) is 7.05. The molecule has 0 atom stereocenters. The first-order valence-corrected chi connectivity index (χ1v) is 9.37. The predicted molar refractivity (Wildman–Crippen MR) is 107 cm³/mol. The summed E-state index contributed by atoms with van der Waals surface area (Å²) >= 11 is 1.27. The summed E-state index contributed by atoms with van der Waals surface area (Å²) in [6.07, 6.45) is -0.484. The first-order chi connectivity index (χ1) is 13.0. The molecule has 4 nitrogen and oxygen atoms in total. The number of phenolic OH excluding ortho intramolecular Hbond substituents is 1. The normalized spacial score (nSPS) is 10.5. The van der Waals surface area contributed by atoms with Gasteiger partial charge in [-0.05, 0) is 23.3 Å². The van der Waals surface area contributed by atoms with Crippen LogP contribution in [0.5, 0.6) is 5.75 Å². The van der Waals surface area contributed by atoms with E-state index in [2.05, 4.69) is 0 Å². The zero-order valence-corrected chi connectivity index (χ0v) is 15.3. The lowest BCUT2D eigenvalue weighted by Crippen LogP contribution is -2.08. The molecule has 0 aliphatic rings. The fourth-order valence-electron chi connectivity index (χ4n) is 2.75. The number of carbonyl (C=O) groups excluding carboxylic acids is 1. The smallest absolute Gasteiger partial charge is 0.310 e. The fraction of sp³-hybridized carbons (Fsp3) is 0.0909. The lowest BCUT2D eigenvalue weighted by molar-refractivity contribution is -0.139. The molecule has 0 aliphatic heterocycles. The van der Waals surface area contributed by atoms with Crippen LogP contribution in [-0.2, 0) is 9.59 Å². The number of carboxylic acid groups (broad SMARTS) is 1. The fourth-order valence-corrected chi connectivity index (χ4v) is 3.58. The summed E-state index contributed by atoms with van der Waals surface area (Å²) in [6.45, 7) is 0. The van der Waals surface area contributed by atoms with Gasteiger partial charge < -0.3 is 10.2 Å². The molecule has 0 radical (unpaired) electrons. The molecule has 0 amide bonds. The Bertz CT molecular complexity index is 892. The Labute approximate surface area is 161 Å². The number of Topliss-reactive ketones (excluding diaryl/α,β-unsaturated/α-hetero) is 1. The highest BCUT2D eigenvalue weighted by atomic mass is 32.2. The van der Waals surface area contributed by atoms with Crippen LogP contribution in [-0.4, -0.2) is 27.7 Å². The van der Waals surface area contributed by atoms with Crippen LogP contribution < -0.4 is 0 Å². The summed E-state index contributed by atoms with van der Waals surface area (Å²) in [6, 6.07) is 22.7. The lowest BCUT2D eigenvalue weighted by atomic mass is 9.97. The van der Waals surface area contributed by atoms with E-state index in [9.17, 15) is 14.7 Å². The van der Waals surface area contributed by atoms with Crippen molar-refractivity contribution in [3.05, 3.63) is 72.8 Å². The van der Waals surface area contributed by atoms with Gasteiger partial charge in [0.2, 0.25) is 0 Å². The van der Waals surface area contributed by atoms with Crippen molar-refractivity contribution in [1.82, 2.24) is 0 Å². The minimum atomic E-state index is -1.12. The maximum atomic E-state index is 11.8. The number of carbonyl (C=O) groups is 2. The minimum absolute atomic E-state index is 0.0690. The van der Waals surface area contributed by atoms with Gasteiger partial charge in [-0.25, -0.2) is 0 Å². The molecule has 3 aromatic carbocycles. The van der Waals surface area contributed by atoms with E-state index >= 15 is 0 Å². The van der Waals surface area contributed by atoms with Crippen LogP contribution in [0.25, 0.3) is 22.3 Å². The molecule has 0 unspecified atom stereocenters. The Kier molecular flexibility index (Phi) is 5.94. The second-order valence-electron chi connectivity index (χ2n) is 6.00.